The van der Waals surface area contributed by atoms with Crippen molar-refractivity contribution in [1.82, 2.24) is 20.5 Å². The molecule has 2 aromatic rings. The number of aryl methyl sites for hydroxylation is 2. The highest BCUT2D eigenvalue weighted by Gasteiger charge is 2.22. The minimum Gasteiger partial charge on any atom is -0.368 e. The van der Waals surface area contributed by atoms with Crippen molar-refractivity contribution in [2.24, 2.45) is 5.92 Å². The molecule has 1 aromatic carbocycles. The first-order chi connectivity index (χ1) is 17.9. The number of carbonyl (C=O) groups excluding carboxylic acids is 1. The van der Waals surface area contributed by atoms with E-state index in [9.17, 15) is 4.79 Å². The Morgan fingerprint density at radius 2 is 1.70 bits per heavy atom. The third-order valence-electron chi connectivity index (χ3n) is 6.65. The standard InChI is InChI=1S/C15H21N3O.C9H11N.C4H10.C3H9N/c1-12-9-14-13(10-16-12)3-2-4-15(14)18-7-5-17(11-19)6-8-18;1-2-6-9-8(4-1)5-3-7-10-9;1-4(2)3;1-3-4-2/h2-4,11-12,16H,5-10H2,1H3;3,5,7H,1-2,4,6H2;4H,1-3H3;4H,3H2,1-2H3. The molecule has 0 radical (unpaired) electrons. The SMILES string of the molecule is CC(C)C.CC1Cc2c(cccc2N2CCN(C=O)CC2)CN1.CCNC.c1cnc2c(c1)CCCC2. The number of nitrogens with one attached hydrogen (secondary N) is 2. The van der Waals surface area contributed by atoms with Gasteiger partial charge in [0.25, 0.3) is 0 Å². The molecule has 0 bridgehead atoms. The van der Waals surface area contributed by atoms with E-state index in [0.717, 1.165) is 58.0 Å². The lowest BCUT2D eigenvalue weighted by molar-refractivity contribution is -0.118. The number of aromatic nitrogens is 1. The van der Waals surface area contributed by atoms with Crippen LogP contribution in [0, 0.1) is 5.92 Å². The van der Waals surface area contributed by atoms with Gasteiger partial charge >= 0.3 is 0 Å². The van der Waals surface area contributed by atoms with E-state index in [1.807, 2.05) is 24.2 Å². The molecule has 2 N–H and O–H groups in total. The third-order valence-corrected chi connectivity index (χ3v) is 6.65. The van der Waals surface area contributed by atoms with Crippen molar-refractivity contribution < 1.29 is 4.79 Å². The Kier molecular flexibility index (Phi) is 14.3. The Hall–Kier alpha value is -2.44. The molecule has 6 heteroatoms. The van der Waals surface area contributed by atoms with Crippen LogP contribution >= 0.6 is 0 Å². The first-order valence-corrected chi connectivity index (χ1v) is 14.2. The lowest BCUT2D eigenvalue weighted by atomic mass is 9.94. The zero-order valence-electron chi connectivity index (χ0n) is 24.2. The Morgan fingerprint density at radius 3 is 2.32 bits per heavy atom. The molecular weight excluding hydrogens is 458 g/mol. The van der Waals surface area contributed by atoms with Gasteiger partial charge in [-0.15, -0.1) is 0 Å². The van der Waals surface area contributed by atoms with Gasteiger partial charge in [-0.1, -0.05) is 45.9 Å². The van der Waals surface area contributed by atoms with Crippen molar-refractivity contribution in [3.8, 4) is 0 Å². The van der Waals surface area contributed by atoms with Gasteiger partial charge in [0.2, 0.25) is 6.41 Å². The molecule has 1 saturated heterocycles. The van der Waals surface area contributed by atoms with Crippen LogP contribution in [0.15, 0.2) is 36.5 Å². The van der Waals surface area contributed by atoms with E-state index in [1.165, 1.54) is 53.8 Å². The maximum absolute atomic E-state index is 10.8. The summed E-state index contributed by atoms with van der Waals surface area (Å²) in [5, 5.41) is 6.44. The van der Waals surface area contributed by atoms with Crippen LogP contribution in [0.3, 0.4) is 0 Å². The number of hydrogen-bond acceptors (Lipinski definition) is 5. The Balaban J connectivity index is 0.000000222. The van der Waals surface area contributed by atoms with Crippen LogP contribution in [0.1, 0.15) is 69.8 Å². The molecule has 1 fully saturated rings. The molecule has 1 unspecified atom stereocenters. The topological polar surface area (TPSA) is 60.5 Å². The quantitative estimate of drug-likeness (QED) is 0.580. The summed E-state index contributed by atoms with van der Waals surface area (Å²) >= 11 is 0. The summed E-state index contributed by atoms with van der Waals surface area (Å²) in [6.45, 7) is 16.4. The number of piperazine rings is 1. The molecule has 1 aromatic heterocycles. The predicted molar refractivity (Wildman–Crippen MR) is 157 cm³/mol. The number of pyridine rings is 1. The lowest BCUT2D eigenvalue weighted by Gasteiger charge is -2.37. The maximum Gasteiger partial charge on any atom is 0.209 e. The minimum atomic E-state index is 0.546. The molecule has 1 aliphatic carbocycles. The van der Waals surface area contributed by atoms with E-state index in [4.69, 9.17) is 0 Å². The van der Waals surface area contributed by atoms with Crippen molar-refractivity contribution in [3.63, 3.8) is 0 Å². The highest BCUT2D eigenvalue weighted by atomic mass is 16.1. The van der Waals surface area contributed by atoms with Crippen molar-refractivity contribution in [2.45, 2.75) is 79.3 Å². The normalized spacial score (nSPS) is 18.1. The lowest BCUT2D eigenvalue weighted by Crippen LogP contribution is -2.46. The minimum absolute atomic E-state index is 0.546. The molecular formula is C31H51N5O. The first-order valence-electron chi connectivity index (χ1n) is 14.2. The molecule has 2 aliphatic heterocycles. The second kappa shape index (κ2) is 17.1. The van der Waals surface area contributed by atoms with E-state index in [1.54, 1.807) is 0 Å². The first kappa shape index (κ1) is 30.8. The van der Waals surface area contributed by atoms with Gasteiger partial charge in [0.15, 0.2) is 0 Å². The molecule has 5 rings (SSSR count). The summed E-state index contributed by atoms with van der Waals surface area (Å²) in [5.41, 5.74) is 7.08. The average Bonchev–Trinajstić information content (AvgIpc) is 2.93. The van der Waals surface area contributed by atoms with Gasteiger partial charge in [0, 0.05) is 56.3 Å². The average molecular weight is 510 g/mol. The molecule has 1 amide bonds. The fourth-order valence-corrected chi connectivity index (χ4v) is 4.58. The summed E-state index contributed by atoms with van der Waals surface area (Å²) in [5.74, 6) is 0.833. The number of anilines is 1. The number of fused-ring (bicyclic) bond motifs is 2. The van der Waals surface area contributed by atoms with Crippen LogP contribution in [-0.2, 0) is 30.6 Å². The van der Waals surface area contributed by atoms with E-state index < -0.39 is 0 Å². The van der Waals surface area contributed by atoms with Gasteiger partial charge in [-0.05, 0) is 87.4 Å². The number of amides is 1. The van der Waals surface area contributed by atoms with Gasteiger partial charge in [0.05, 0.1) is 0 Å². The molecule has 6 nitrogen and oxygen atoms in total. The number of benzene rings is 1. The highest BCUT2D eigenvalue weighted by molar-refractivity contribution is 5.59. The predicted octanol–water partition coefficient (Wildman–Crippen LogP) is 4.85. The summed E-state index contributed by atoms with van der Waals surface area (Å²) < 4.78 is 0. The van der Waals surface area contributed by atoms with Crippen LogP contribution in [0.4, 0.5) is 5.69 Å². The van der Waals surface area contributed by atoms with E-state index in [0.29, 0.717) is 6.04 Å². The van der Waals surface area contributed by atoms with Gasteiger partial charge < -0.3 is 20.4 Å². The van der Waals surface area contributed by atoms with Gasteiger partial charge in [-0.3, -0.25) is 9.78 Å². The molecule has 1 atom stereocenters. The van der Waals surface area contributed by atoms with Crippen LogP contribution in [-0.4, -0.2) is 62.1 Å². The van der Waals surface area contributed by atoms with E-state index in [-0.39, 0.29) is 0 Å². The van der Waals surface area contributed by atoms with E-state index >= 15 is 0 Å². The number of hydrogen-bond donors (Lipinski definition) is 2. The Morgan fingerprint density at radius 1 is 1.05 bits per heavy atom. The number of nitrogens with zero attached hydrogens (tertiary/aromatic N) is 3. The van der Waals surface area contributed by atoms with Gasteiger partial charge in [-0.25, -0.2) is 0 Å². The molecule has 0 spiro atoms. The molecule has 3 aliphatic rings. The molecule has 37 heavy (non-hydrogen) atoms. The van der Waals surface area contributed by atoms with Crippen molar-refractivity contribution >= 4 is 12.1 Å². The molecule has 0 saturated carbocycles. The zero-order chi connectivity index (χ0) is 27.0. The smallest absolute Gasteiger partial charge is 0.209 e. The summed E-state index contributed by atoms with van der Waals surface area (Å²) in [7, 11) is 1.93. The maximum atomic E-state index is 10.8. The van der Waals surface area contributed by atoms with Crippen molar-refractivity contribution in [2.75, 3.05) is 44.7 Å². The fourth-order valence-electron chi connectivity index (χ4n) is 4.58. The summed E-state index contributed by atoms with van der Waals surface area (Å²) in [6, 6.07) is 11.4. The van der Waals surface area contributed by atoms with Crippen LogP contribution in [0.2, 0.25) is 0 Å². The molecule has 206 valence electrons. The van der Waals surface area contributed by atoms with Gasteiger partial charge in [0.1, 0.15) is 0 Å². The monoisotopic (exact) mass is 509 g/mol. The highest BCUT2D eigenvalue weighted by Crippen LogP contribution is 2.28. The van der Waals surface area contributed by atoms with E-state index in [2.05, 4.69) is 79.4 Å². The largest absolute Gasteiger partial charge is 0.368 e. The number of carbonyl (C=O) groups is 1. The van der Waals surface area contributed by atoms with Crippen LogP contribution in [0.25, 0.3) is 0 Å². The zero-order valence-corrected chi connectivity index (χ0v) is 24.2. The summed E-state index contributed by atoms with van der Waals surface area (Å²) in [4.78, 5) is 19.4. The van der Waals surface area contributed by atoms with Gasteiger partial charge in [-0.2, -0.15) is 0 Å². The fraction of sp³-hybridized carbons (Fsp3) is 0.613. The summed E-state index contributed by atoms with van der Waals surface area (Å²) in [6.07, 6.45) is 9.05. The van der Waals surface area contributed by atoms with Crippen molar-refractivity contribution in [1.29, 1.82) is 0 Å². The number of rotatable bonds is 3. The van der Waals surface area contributed by atoms with Crippen LogP contribution < -0.4 is 15.5 Å². The Bertz CT molecular complexity index is 878. The Labute approximate surface area is 226 Å². The van der Waals surface area contributed by atoms with Crippen LogP contribution in [0.5, 0.6) is 0 Å². The second-order valence-electron chi connectivity index (χ2n) is 10.8. The molecule has 3 heterocycles. The second-order valence-corrected chi connectivity index (χ2v) is 10.8. The van der Waals surface area contributed by atoms with Crippen molar-refractivity contribution in [3.05, 3.63) is 58.9 Å². The third kappa shape index (κ3) is 10.8.